The molecule has 0 spiro atoms. The van der Waals surface area contributed by atoms with Gasteiger partial charge in [0.05, 0.1) is 4.21 Å². The third-order valence-electron chi connectivity index (χ3n) is 4.03. The highest BCUT2D eigenvalue weighted by Gasteiger charge is 2.06. The molecule has 0 bridgehead atoms. The molecule has 4 heteroatoms. The molecular weight excluding hydrogens is 324 g/mol. The van der Waals surface area contributed by atoms with Crippen LogP contribution in [0.2, 0.25) is 0 Å². The predicted molar refractivity (Wildman–Crippen MR) is 103 cm³/mol. The number of carboxylic acids is 1. The molecule has 1 heterocycles. The van der Waals surface area contributed by atoms with Crippen LogP contribution in [0.25, 0.3) is 0 Å². The van der Waals surface area contributed by atoms with Gasteiger partial charge in [0.25, 0.3) is 0 Å². The molecule has 0 fully saturated rings. The first-order valence-electron chi connectivity index (χ1n) is 9.20. The zero-order valence-corrected chi connectivity index (χ0v) is 16.2. The summed E-state index contributed by atoms with van der Waals surface area (Å²) in [5.41, 5.74) is 0. The van der Waals surface area contributed by atoms with Gasteiger partial charge in [0.2, 0.25) is 0 Å². The topological polar surface area (TPSA) is 37.3 Å². The third-order valence-corrected chi connectivity index (χ3v) is 6.42. The van der Waals surface area contributed by atoms with Crippen LogP contribution >= 0.6 is 23.1 Å². The minimum Gasteiger partial charge on any atom is -0.477 e. The molecule has 0 aromatic carbocycles. The third kappa shape index (κ3) is 10.8. The van der Waals surface area contributed by atoms with Crippen molar-refractivity contribution in [3.63, 3.8) is 0 Å². The van der Waals surface area contributed by atoms with Crippen molar-refractivity contribution in [2.75, 3.05) is 5.75 Å². The smallest absolute Gasteiger partial charge is 0.345 e. The summed E-state index contributed by atoms with van der Waals surface area (Å²) in [7, 11) is 0. The average Bonchev–Trinajstić information content (AvgIpc) is 3.01. The van der Waals surface area contributed by atoms with E-state index >= 15 is 0 Å². The highest BCUT2D eigenvalue weighted by molar-refractivity contribution is 8.01. The molecule has 1 aromatic heterocycles. The number of hydrogen-bond donors (Lipinski definition) is 1. The normalized spacial score (nSPS) is 11.0. The SMILES string of the molecule is CCCCCCCCCCCCCCSc1ccc(C(=O)O)s1. The lowest BCUT2D eigenvalue weighted by Crippen LogP contribution is -1.89. The summed E-state index contributed by atoms with van der Waals surface area (Å²) in [6.07, 6.45) is 16.5. The minimum absolute atomic E-state index is 0.446. The number of aromatic carboxylic acids is 1. The summed E-state index contributed by atoms with van der Waals surface area (Å²) in [4.78, 5) is 11.3. The molecule has 0 unspecified atom stereocenters. The van der Waals surface area contributed by atoms with E-state index in [0.29, 0.717) is 4.88 Å². The number of thioether (sulfide) groups is 1. The summed E-state index contributed by atoms with van der Waals surface area (Å²) in [6, 6.07) is 3.64. The quantitative estimate of drug-likeness (QED) is 0.266. The zero-order chi connectivity index (χ0) is 16.8. The Balaban J connectivity index is 1.83. The maximum Gasteiger partial charge on any atom is 0.345 e. The van der Waals surface area contributed by atoms with Gasteiger partial charge in [-0.2, -0.15) is 0 Å². The number of unbranched alkanes of at least 4 members (excludes halogenated alkanes) is 11. The van der Waals surface area contributed by atoms with Crippen LogP contribution < -0.4 is 0 Å². The van der Waals surface area contributed by atoms with Crippen LogP contribution in [0.4, 0.5) is 0 Å². The Hall–Kier alpha value is -0.480. The summed E-state index contributed by atoms with van der Waals surface area (Å²) in [5.74, 6) is 0.295. The van der Waals surface area contributed by atoms with E-state index in [2.05, 4.69) is 6.92 Å². The van der Waals surface area contributed by atoms with E-state index in [4.69, 9.17) is 5.11 Å². The Morgan fingerprint density at radius 1 is 0.913 bits per heavy atom. The molecule has 0 saturated carbocycles. The van der Waals surface area contributed by atoms with E-state index in [0.717, 1.165) is 9.96 Å². The number of carboxylic acid groups (broad SMARTS) is 1. The molecule has 0 atom stereocenters. The van der Waals surface area contributed by atoms with Crippen molar-refractivity contribution in [3.8, 4) is 0 Å². The van der Waals surface area contributed by atoms with Crippen LogP contribution in [0.5, 0.6) is 0 Å². The van der Waals surface area contributed by atoms with Crippen LogP contribution in [0.3, 0.4) is 0 Å². The van der Waals surface area contributed by atoms with E-state index in [1.54, 1.807) is 17.8 Å². The summed E-state index contributed by atoms with van der Waals surface area (Å²) >= 11 is 3.18. The van der Waals surface area contributed by atoms with Crippen molar-refractivity contribution in [2.24, 2.45) is 0 Å². The fourth-order valence-electron chi connectivity index (χ4n) is 2.63. The van der Waals surface area contributed by atoms with Gasteiger partial charge in [-0.15, -0.1) is 23.1 Å². The largest absolute Gasteiger partial charge is 0.477 e. The molecule has 0 aliphatic rings. The van der Waals surface area contributed by atoms with Crippen molar-refractivity contribution in [1.29, 1.82) is 0 Å². The molecule has 132 valence electrons. The first kappa shape index (κ1) is 20.6. The van der Waals surface area contributed by atoms with Gasteiger partial charge in [0.1, 0.15) is 4.88 Å². The molecular formula is C19H32O2S2. The van der Waals surface area contributed by atoms with Crippen molar-refractivity contribution >= 4 is 29.1 Å². The molecule has 0 aliphatic heterocycles. The van der Waals surface area contributed by atoms with Crippen LogP contribution in [0, 0.1) is 0 Å². The molecule has 0 aliphatic carbocycles. The molecule has 0 radical (unpaired) electrons. The van der Waals surface area contributed by atoms with Crippen molar-refractivity contribution < 1.29 is 9.90 Å². The second-order valence-electron chi connectivity index (χ2n) is 6.16. The molecule has 1 rings (SSSR count). The Morgan fingerprint density at radius 3 is 1.91 bits per heavy atom. The Kier molecular flexibility index (Phi) is 12.4. The molecule has 23 heavy (non-hydrogen) atoms. The van der Waals surface area contributed by atoms with Gasteiger partial charge in [0, 0.05) is 0 Å². The fraction of sp³-hybridized carbons (Fsp3) is 0.737. The number of carbonyl (C=O) groups is 1. The maximum absolute atomic E-state index is 10.8. The number of rotatable bonds is 15. The first-order chi connectivity index (χ1) is 11.2. The monoisotopic (exact) mass is 356 g/mol. The van der Waals surface area contributed by atoms with Crippen LogP contribution in [0.15, 0.2) is 16.3 Å². The summed E-state index contributed by atoms with van der Waals surface area (Å²) in [5, 5.41) is 8.88. The van der Waals surface area contributed by atoms with E-state index in [1.165, 1.54) is 88.4 Å². The molecule has 0 saturated heterocycles. The molecule has 1 aromatic rings. The van der Waals surface area contributed by atoms with Gasteiger partial charge in [-0.3, -0.25) is 0 Å². The zero-order valence-electron chi connectivity index (χ0n) is 14.5. The van der Waals surface area contributed by atoms with E-state index < -0.39 is 5.97 Å². The van der Waals surface area contributed by atoms with Gasteiger partial charge in [-0.05, 0) is 24.3 Å². The number of hydrogen-bond acceptors (Lipinski definition) is 3. The molecule has 2 nitrogen and oxygen atoms in total. The maximum atomic E-state index is 10.8. The van der Waals surface area contributed by atoms with E-state index in [1.807, 2.05) is 6.07 Å². The van der Waals surface area contributed by atoms with Crippen LogP contribution in [0.1, 0.15) is 93.6 Å². The standard InChI is InChI=1S/C19H32O2S2/c1-2-3-4-5-6-7-8-9-10-11-12-13-16-22-18-15-14-17(23-18)19(20)21/h14-15H,2-13,16H2,1H3,(H,20,21). The van der Waals surface area contributed by atoms with Crippen molar-refractivity contribution in [1.82, 2.24) is 0 Å². The Morgan fingerprint density at radius 2 is 1.43 bits per heavy atom. The van der Waals surface area contributed by atoms with Gasteiger partial charge < -0.3 is 5.11 Å². The first-order valence-corrected chi connectivity index (χ1v) is 11.0. The van der Waals surface area contributed by atoms with Crippen LogP contribution in [-0.4, -0.2) is 16.8 Å². The Labute approximate surface area is 150 Å². The van der Waals surface area contributed by atoms with Gasteiger partial charge in [-0.25, -0.2) is 4.79 Å². The highest BCUT2D eigenvalue weighted by Crippen LogP contribution is 2.28. The minimum atomic E-state index is -0.813. The van der Waals surface area contributed by atoms with E-state index in [-0.39, 0.29) is 0 Å². The number of thiophene rings is 1. The van der Waals surface area contributed by atoms with Crippen molar-refractivity contribution in [2.45, 2.75) is 88.2 Å². The summed E-state index contributed by atoms with van der Waals surface area (Å²) in [6.45, 7) is 2.27. The van der Waals surface area contributed by atoms with Gasteiger partial charge >= 0.3 is 5.97 Å². The highest BCUT2D eigenvalue weighted by atomic mass is 32.2. The molecule has 1 N–H and O–H groups in total. The Bertz CT molecular complexity index is 415. The lowest BCUT2D eigenvalue weighted by Gasteiger charge is -2.02. The van der Waals surface area contributed by atoms with E-state index in [9.17, 15) is 4.79 Å². The average molecular weight is 357 g/mol. The van der Waals surface area contributed by atoms with Crippen molar-refractivity contribution in [3.05, 3.63) is 17.0 Å². The van der Waals surface area contributed by atoms with Gasteiger partial charge in [0.15, 0.2) is 0 Å². The lowest BCUT2D eigenvalue weighted by atomic mass is 10.1. The lowest BCUT2D eigenvalue weighted by molar-refractivity contribution is 0.0702. The summed E-state index contributed by atoms with van der Waals surface area (Å²) < 4.78 is 1.13. The predicted octanol–water partition coefficient (Wildman–Crippen LogP) is 7.24. The fourth-order valence-corrected chi connectivity index (χ4v) is 4.67. The van der Waals surface area contributed by atoms with Crippen LogP contribution in [-0.2, 0) is 0 Å². The molecule has 0 amide bonds. The second kappa shape index (κ2) is 13.9. The van der Waals surface area contributed by atoms with Gasteiger partial charge in [-0.1, -0.05) is 77.6 Å². The second-order valence-corrected chi connectivity index (χ2v) is 8.64.